The minimum Gasteiger partial charge on any atom is -0.462 e. The fourth-order valence-corrected chi connectivity index (χ4v) is 8.84. The van der Waals surface area contributed by atoms with Gasteiger partial charge in [0.2, 0.25) is 5.91 Å². The molecule has 0 aromatic heterocycles. The van der Waals surface area contributed by atoms with Gasteiger partial charge in [-0.05, 0) is 70.6 Å². The van der Waals surface area contributed by atoms with Crippen LogP contribution < -0.4 is 5.32 Å². The van der Waals surface area contributed by atoms with Crippen LogP contribution in [0.3, 0.4) is 0 Å². The van der Waals surface area contributed by atoms with Crippen molar-refractivity contribution >= 4 is 11.9 Å². The first-order valence-corrected chi connectivity index (χ1v) is 28.7. The summed E-state index contributed by atoms with van der Waals surface area (Å²) in [5.41, 5.74) is 0. The maximum atomic E-state index is 13.2. The number of rotatable bonds is 52. The van der Waals surface area contributed by atoms with Crippen LogP contribution in [-0.2, 0) is 14.3 Å². The van der Waals surface area contributed by atoms with Crippen LogP contribution in [0.1, 0.15) is 303 Å². The number of esters is 1. The second-order valence-corrected chi connectivity index (χ2v) is 19.7. The van der Waals surface area contributed by atoms with Crippen molar-refractivity contribution in [3.8, 4) is 0 Å². The predicted molar refractivity (Wildman–Crippen MR) is 282 cm³/mol. The maximum absolute atomic E-state index is 13.2. The standard InChI is InChI=1S/C59H111NO5/c1-4-7-10-13-16-19-22-25-27-29-30-32-34-37-40-43-46-49-52-59(64)65-55(50-47-44-41-38-35-24-21-18-15-12-9-6-3)53-58(63)60-56(54-61)57(62)51-48-45-42-39-36-33-31-28-26-23-20-17-14-11-8-5-2/h27,29-30,32,38,41,55-57,61-62H,4-26,28,31,33-37,39-40,42-54H2,1-3H3,(H,60,63)/b29-27+,32-30+,41-38-. The van der Waals surface area contributed by atoms with Gasteiger partial charge in [0.15, 0.2) is 0 Å². The number of hydrogen-bond donors (Lipinski definition) is 3. The molecule has 0 fully saturated rings. The van der Waals surface area contributed by atoms with Gasteiger partial charge in [0.1, 0.15) is 6.10 Å². The van der Waals surface area contributed by atoms with E-state index in [-0.39, 0.29) is 24.9 Å². The number of aliphatic hydroxyl groups is 2. The Bertz CT molecular complexity index is 1070. The number of aliphatic hydroxyl groups excluding tert-OH is 2. The number of nitrogens with one attached hydrogen (secondary N) is 1. The van der Waals surface area contributed by atoms with Gasteiger partial charge in [-0.1, -0.05) is 256 Å². The zero-order valence-corrected chi connectivity index (χ0v) is 43.6. The summed E-state index contributed by atoms with van der Waals surface area (Å²) in [5, 5.41) is 23.9. The average Bonchev–Trinajstić information content (AvgIpc) is 3.30. The molecule has 382 valence electrons. The van der Waals surface area contributed by atoms with E-state index in [1.165, 1.54) is 186 Å². The highest BCUT2D eigenvalue weighted by atomic mass is 16.5. The fourth-order valence-electron chi connectivity index (χ4n) is 8.84. The molecule has 0 heterocycles. The van der Waals surface area contributed by atoms with Gasteiger partial charge in [0.25, 0.3) is 0 Å². The Kier molecular flexibility index (Phi) is 51.5. The summed E-state index contributed by atoms with van der Waals surface area (Å²) in [7, 11) is 0. The van der Waals surface area contributed by atoms with E-state index in [1.54, 1.807) is 0 Å². The van der Waals surface area contributed by atoms with Gasteiger partial charge in [-0.15, -0.1) is 0 Å². The summed E-state index contributed by atoms with van der Waals surface area (Å²) in [6.07, 6.45) is 63.6. The Morgan fingerprint density at radius 3 is 1.22 bits per heavy atom. The van der Waals surface area contributed by atoms with Gasteiger partial charge >= 0.3 is 5.97 Å². The number of hydrogen-bond acceptors (Lipinski definition) is 5. The van der Waals surface area contributed by atoms with Gasteiger partial charge in [-0.3, -0.25) is 9.59 Å². The van der Waals surface area contributed by atoms with Crippen LogP contribution in [0, 0.1) is 0 Å². The number of unbranched alkanes of at least 4 members (excludes halogenated alkanes) is 35. The summed E-state index contributed by atoms with van der Waals surface area (Å²) in [6, 6.07) is -0.712. The van der Waals surface area contributed by atoms with Crippen LogP contribution in [0.4, 0.5) is 0 Å². The van der Waals surface area contributed by atoms with Crippen molar-refractivity contribution < 1.29 is 24.5 Å². The molecule has 1 amide bonds. The van der Waals surface area contributed by atoms with Crippen molar-refractivity contribution in [3.63, 3.8) is 0 Å². The van der Waals surface area contributed by atoms with Crippen LogP contribution >= 0.6 is 0 Å². The van der Waals surface area contributed by atoms with E-state index >= 15 is 0 Å². The second kappa shape index (κ2) is 53.0. The number of ether oxygens (including phenoxy) is 1. The van der Waals surface area contributed by atoms with Crippen LogP contribution in [0.2, 0.25) is 0 Å². The highest BCUT2D eigenvalue weighted by Crippen LogP contribution is 2.18. The lowest BCUT2D eigenvalue weighted by Gasteiger charge is -2.24. The lowest BCUT2D eigenvalue weighted by Crippen LogP contribution is -2.46. The van der Waals surface area contributed by atoms with Crippen molar-refractivity contribution in [2.75, 3.05) is 6.61 Å². The molecule has 0 saturated carbocycles. The molecule has 0 radical (unpaired) electrons. The maximum Gasteiger partial charge on any atom is 0.306 e. The van der Waals surface area contributed by atoms with Crippen LogP contribution in [0.25, 0.3) is 0 Å². The zero-order chi connectivity index (χ0) is 47.4. The first-order valence-electron chi connectivity index (χ1n) is 28.7. The first kappa shape index (κ1) is 63.1. The highest BCUT2D eigenvalue weighted by Gasteiger charge is 2.24. The molecule has 65 heavy (non-hydrogen) atoms. The van der Waals surface area contributed by atoms with E-state index in [9.17, 15) is 19.8 Å². The Morgan fingerprint density at radius 1 is 0.446 bits per heavy atom. The monoisotopic (exact) mass is 914 g/mol. The molecule has 3 atom stereocenters. The summed E-state index contributed by atoms with van der Waals surface area (Å²) in [6.45, 7) is 6.49. The molecule has 3 N–H and O–H groups in total. The Morgan fingerprint density at radius 2 is 0.800 bits per heavy atom. The normalized spacial score (nSPS) is 13.4. The van der Waals surface area contributed by atoms with Crippen molar-refractivity contribution in [3.05, 3.63) is 36.5 Å². The smallest absolute Gasteiger partial charge is 0.306 e. The summed E-state index contributed by atoms with van der Waals surface area (Å²) < 4.78 is 5.93. The minimum absolute atomic E-state index is 0.0532. The molecule has 0 aromatic carbocycles. The van der Waals surface area contributed by atoms with Gasteiger partial charge in [0, 0.05) is 6.42 Å². The zero-order valence-electron chi connectivity index (χ0n) is 43.6. The van der Waals surface area contributed by atoms with E-state index in [0.29, 0.717) is 19.3 Å². The van der Waals surface area contributed by atoms with Crippen molar-refractivity contribution in [2.45, 2.75) is 322 Å². The Balaban J connectivity index is 4.52. The first-order chi connectivity index (χ1) is 32.0. The third kappa shape index (κ3) is 48.3. The lowest BCUT2D eigenvalue weighted by molar-refractivity contribution is -0.151. The van der Waals surface area contributed by atoms with E-state index in [4.69, 9.17) is 4.74 Å². The average molecular weight is 915 g/mol. The molecule has 0 aromatic rings. The van der Waals surface area contributed by atoms with Crippen molar-refractivity contribution in [1.82, 2.24) is 5.32 Å². The molecule has 3 unspecified atom stereocenters. The van der Waals surface area contributed by atoms with E-state index in [0.717, 1.165) is 70.6 Å². The molecule has 0 spiro atoms. The molecule has 0 aliphatic rings. The van der Waals surface area contributed by atoms with Gasteiger partial charge in [0.05, 0.1) is 25.2 Å². The van der Waals surface area contributed by atoms with Crippen molar-refractivity contribution in [1.29, 1.82) is 0 Å². The third-order valence-corrected chi connectivity index (χ3v) is 13.2. The van der Waals surface area contributed by atoms with Gasteiger partial charge in [-0.2, -0.15) is 0 Å². The molecular formula is C59H111NO5. The number of amides is 1. The second-order valence-electron chi connectivity index (χ2n) is 19.7. The summed E-state index contributed by atoms with van der Waals surface area (Å²) >= 11 is 0. The Hall–Kier alpha value is -1.92. The highest BCUT2D eigenvalue weighted by molar-refractivity contribution is 5.77. The number of allylic oxidation sites excluding steroid dienone is 6. The molecule has 0 rings (SSSR count). The third-order valence-electron chi connectivity index (χ3n) is 13.2. The van der Waals surface area contributed by atoms with Crippen molar-refractivity contribution in [2.24, 2.45) is 0 Å². The predicted octanol–water partition coefficient (Wildman–Crippen LogP) is 17.6. The van der Waals surface area contributed by atoms with E-state index < -0.39 is 18.2 Å². The lowest BCUT2D eigenvalue weighted by atomic mass is 10.0. The fraction of sp³-hybridized carbons (Fsp3) is 0.864. The molecule has 0 aliphatic heterocycles. The quantitative estimate of drug-likeness (QED) is 0.0244. The summed E-state index contributed by atoms with van der Waals surface area (Å²) in [5.74, 6) is -0.509. The molecule has 0 bridgehead atoms. The largest absolute Gasteiger partial charge is 0.462 e. The number of carbonyl (C=O) groups is 2. The summed E-state index contributed by atoms with van der Waals surface area (Å²) in [4.78, 5) is 26.2. The minimum atomic E-state index is -0.796. The molecule has 6 nitrogen and oxygen atoms in total. The van der Waals surface area contributed by atoms with E-state index in [2.05, 4.69) is 62.5 Å². The molecule has 6 heteroatoms. The SMILES string of the molecule is CCCCCCCCC/C=C\CCCC(CC(=O)NC(CO)C(O)CCCCCCCCCCCCCCCCCC)OC(=O)CCCCCCC/C=C/C=C/CCCCCCCCC. The van der Waals surface area contributed by atoms with E-state index in [1.807, 2.05) is 0 Å². The topological polar surface area (TPSA) is 95.9 Å². The Labute approximate surface area is 404 Å². The van der Waals surface area contributed by atoms with Crippen LogP contribution in [-0.4, -0.2) is 46.9 Å². The van der Waals surface area contributed by atoms with Gasteiger partial charge in [-0.25, -0.2) is 0 Å². The number of carbonyl (C=O) groups excluding carboxylic acids is 2. The molecule has 0 saturated heterocycles. The molecular weight excluding hydrogens is 803 g/mol. The van der Waals surface area contributed by atoms with Crippen LogP contribution in [0.15, 0.2) is 36.5 Å². The van der Waals surface area contributed by atoms with Gasteiger partial charge < -0.3 is 20.3 Å². The molecule has 0 aliphatic carbocycles. The van der Waals surface area contributed by atoms with Crippen LogP contribution in [0.5, 0.6) is 0 Å².